The van der Waals surface area contributed by atoms with Crippen molar-refractivity contribution in [2.45, 2.75) is 19.0 Å². The van der Waals surface area contributed by atoms with Crippen LogP contribution in [0.25, 0.3) is 10.8 Å². The number of carbonyl (C=O) groups is 1. The third kappa shape index (κ3) is 3.73. The van der Waals surface area contributed by atoms with Crippen LogP contribution in [-0.4, -0.2) is 19.0 Å². The first-order chi connectivity index (χ1) is 14.3. The van der Waals surface area contributed by atoms with Crippen molar-refractivity contribution in [3.63, 3.8) is 0 Å². The van der Waals surface area contributed by atoms with Gasteiger partial charge in [-0.3, -0.25) is 4.79 Å². The van der Waals surface area contributed by atoms with Crippen LogP contribution in [0.5, 0.6) is 11.5 Å². The monoisotopic (exact) mass is 414 g/mol. The Labute approximate surface area is 171 Å². The molecule has 1 aliphatic heterocycles. The zero-order valence-electron chi connectivity index (χ0n) is 16.3. The molecule has 0 spiro atoms. The molecule has 1 fully saturated rings. The summed E-state index contributed by atoms with van der Waals surface area (Å²) in [6.07, 6.45) is -4.40. The Bertz CT molecular complexity index is 1090. The Hall–Kier alpha value is -3.06. The average molecular weight is 414 g/mol. The fourth-order valence-corrected chi connectivity index (χ4v) is 3.89. The molecule has 30 heavy (non-hydrogen) atoms. The van der Waals surface area contributed by atoms with E-state index < -0.39 is 17.6 Å². The van der Waals surface area contributed by atoms with Crippen molar-refractivity contribution in [2.24, 2.45) is 11.7 Å². The normalized spacial score (nSPS) is 15.6. The van der Waals surface area contributed by atoms with Crippen LogP contribution in [0.3, 0.4) is 0 Å². The van der Waals surface area contributed by atoms with Gasteiger partial charge in [-0.25, -0.2) is 0 Å². The first-order valence-corrected chi connectivity index (χ1v) is 9.67. The number of fused-ring (bicyclic) bond motifs is 1. The SMILES string of the molecule is CC(c1c(C(N)=O)ccc2c(Oc3ccc(C(F)(F)F)cc3)cccc12)C1CNC1. The number of nitrogens with one attached hydrogen (secondary N) is 1. The number of hydrogen-bond donors (Lipinski definition) is 2. The highest BCUT2D eigenvalue weighted by Gasteiger charge is 2.30. The number of benzene rings is 3. The van der Waals surface area contributed by atoms with Crippen LogP contribution in [-0.2, 0) is 6.18 Å². The van der Waals surface area contributed by atoms with E-state index in [4.69, 9.17) is 10.5 Å². The van der Waals surface area contributed by atoms with Gasteiger partial charge >= 0.3 is 6.18 Å². The maximum Gasteiger partial charge on any atom is 0.416 e. The predicted molar refractivity (Wildman–Crippen MR) is 109 cm³/mol. The van der Waals surface area contributed by atoms with E-state index >= 15 is 0 Å². The molecule has 0 bridgehead atoms. The van der Waals surface area contributed by atoms with E-state index in [-0.39, 0.29) is 5.92 Å². The van der Waals surface area contributed by atoms with E-state index in [9.17, 15) is 18.0 Å². The van der Waals surface area contributed by atoms with Gasteiger partial charge < -0.3 is 15.8 Å². The zero-order chi connectivity index (χ0) is 21.5. The number of ether oxygens (including phenoxy) is 1. The second-order valence-electron chi connectivity index (χ2n) is 7.57. The molecule has 3 N–H and O–H groups in total. The maximum absolute atomic E-state index is 12.8. The van der Waals surface area contributed by atoms with Gasteiger partial charge in [0.05, 0.1) is 5.56 Å². The second-order valence-corrected chi connectivity index (χ2v) is 7.57. The lowest BCUT2D eigenvalue weighted by Gasteiger charge is -2.34. The number of hydrogen-bond acceptors (Lipinski definition) is 3. The van der Waals surface area contributed by atoms with E-state index in [1.807, 2.05) is 12.1 Å². The summed E-state index contributed by atoms with van der Waals surface area (Å²) >= 11 is 0. The quantitative estimate of drug-likeness (QED) is 0.613. The smallest absolute Gasteiger partial charge is 0.416 e. The number of amides is 1. The molecule has 0 saturated carbocycles. The Kier molecular flexibility index (Phi) is 5.15. The number of primary amides is 1. The Morgan fingerprint density at radius 1 is 1.07 bits per heavy atom. The molecule has 1 saturated heterocycles. The van der Waals surface area contributed by atoms with Gasteiger partial charge in [-0.05, 0) is 78.3 Å². The molecule has 7 heteroatoms. The molecule has 0 radical (unpaired) electrons. The van der Waals surface area contributed by atoms with Gasteiger partial charge in [-0.15, -0.1) is 0 Å². The molecule has 0 aromatic heterocycles. The number of alkyl halides is 3. The number of rotatable bonds is 5. The van der Waals surface area contributed by atoms with Crippen LogP contribution in [0, 0.1) is 5.92 Å². The molecule has 1 unspecified atom stereocenters. The van der Waals surface area contributed by atoms with Crippen LogP contribution in [0.4, 0.5) is 13.2 Å². The summed E-state index contributed by atoms with van der Waals surface area (Å²) in [5.41, 5.74) is 6.26. The summed E-state index contributed by atoms with van der Waals surface area (Å²) in [5, 5.41) is 4.88. The molecule has 3 aromatic rings. The van der Waals surface area contributed by atoms with Crippen LogP contribution in [0.1, 0.15) is 34.3 Å². The van der Waals surface area contributed by atoms with Crippen LogP contribution in [0.2, 0.25) is 0 Å². The van der Waals surface area contributed by atoms with Gasteiger partial charge in [0.25, 0.3) is 0 Å². The lowest BCUT2D eigenvalue weighted by molar-refractivity contribution is -0.137. The van der Waals surface area contributed by atoms with Gasteiger partial charge in [0.1, 0.15) is 11.5 Å². The van der Waals surface area contributed by atoms with Gasteiger partial charge in [0.2, 0.25) is 5.91 Å². The van der Waals surface area contributed by atoms with Crippen LogP contribution >= 0.6 is 0 Å². The summed E-state index contributed by atoms with van der Waals surface area (Å²) < 4.78 is 44.3. The van der Waals surface area contributed by atoms with Crippen LogP contribution < -0.4 is 15.8 Å². The van der Waals surface area contributed by atoms with Crippen molar-refractivity contribution >= 4 is 16.7 Å². The van der Waals surface area contributed by atoms with Crippen molar-refractivity contribution in [1.29, 1.82) is 0 Å². The van der Waals surface area contributed by atoms with Gasteiger partial charge in [-0.2, -0.15) is 13.2 Å². The molecule has 4 rings (SSSR count). The number of halogens is 3. The topological polar surface area (TPSA) is 64.4 Å². The highest BCUT2D eigenvalue weighted by atomic mass is 19.4. The van der Waals surface area contributed by atoms with E-state index in [1.54, 1.807) is 18.2 Å². The molecule has 1 heterocycles. The van der Waals surface area contributed by atoms with E-state index in [0.29, 0.717) is 23.0 Å². The van der Waals surface area contributed by atoms with Crippen molar-refractivity contribution in [3.8, 4) is 11.5 Å². The average Bonchev–Trinajstić information content (AvgIpc) is 2.65. The highest BCUT2D eigenvalue weighted by molar-refractivity contribution is 6.02. The Morgan fingerprint density at radius 3 is 2.33 bits per heavy atom. The summed E-state index contributed by atoms with van der Waals surface area (Å²) in [5.74, 6) is 0.822. The minimum atomic E-state index is -4.40. The Morgan fingerprint density at radius 2 is 1.77 bits per heavy atom. The first kappa shape index (κ1) is 20.2. The highest BCUT2D eigenvalue weighted by Crippen LogP contribution is 2.39. The summed E-state index contributed by atoms with van der Waals surface area (Å²) in [7, 11) is 0. The molecule has 0 aliphatic carbocycles. The van der Waals surface area contributed by atoms with Gasteiger partial charge in [0, 0.05) is 10.9 Å². The number of nitrogens with two attached hydrogens (primary N) is 1. The molecule has 3 aromatic carbocycles. The van der Waals surface area contributed by atoms with Gasteiger partial charge in [-0.1, -0.05) is 19.1 Å². The summed E-state index contributed by atoms with van der Waals surface area (Å²) in [4.78, 5) is 12.1. The molecular formula is C23H21F3N2O2. The van der Waals surface area contributed by atoms with Crippen molar-refractivity contribution in [3.05, 3.63) is 71.3 Å². The largest absolute Gasteiger partial charge is 0.457 e. The first-order valence-electron chi connectivity index (χ1n) is 9.67. The van der Waals surface area contributed by atoms with Crippen molar-refractivity contribution in [2.75, 3.05) is 13.1 Å². The molecule has 156 valence electrons. The molecule has 1 atom stereocenters. The fourth-order valence-electron chi connectivity index (χ4n) is 3.89. The third-order valence-electron chi connectivity index (χ3n) is 5.71. The van der Waals surface area contributed by atoms with E-state index in [0.717, 1.165) is 41.6 Å². The molecular weight excluding hydrogens is 393 g/mol. The van der Waals surface area contributed by atoms with E-state index in [2.05, 4.69) is 12.2 Å². The zero-order valence-corrected chi connectivity index (χ0v) is 16.3. The Balaban J connectivity index is 1.76. The predicted octanol–water partition coefficient (Wildman–Crippen LogP) is 5.07. The van der Waals surface area contributed by atoms with Gasteiger partial charge in [0.15, 0.2) is 0 Å². The molecule has 1 aliphatic rings. The van der Waals surface area contributed by atoms with Crippen molar-refractivity contribution in [1.82, 2.24) is 5.32 Å². The molecule has 1 amide bonds. The van der Waals surface area contributed by atoms with E-state index in [1.165, 1.54) is 12.1 Å². The fraction of sp³-hybridized carbons (Fsp3) is 0.261. The lowest BCUT2D eigenvalue weighted by atomic mass is 9.79. The minimum absolute atomic E-state index is 0.110. The van der Waals surface area contributed by atoms with Crippen LogP contribution in [0.15, 0.2) is 54.6 Å². The number of carbonyl (C=O) groups excluding carboxylic acids is 1. The lowest BCUT2D eigenvalue weighted by Crippen LogP contribution is -2.45. The summed E-state index contributed by atoms with van der Waals surface area (Å²) in [6.45, 7) is 3.82. The standard InChI is InChI=1S/C23H21F3N2O2/c1-13(14-11-28-12-14)21-18-3-2-4-20(17(18)9-10-19(21)22(27)29)30-16-7-5-15(6-8-16)23(24,25)26/h2-10,13-14,28H,11-12H2,1H3,(H2,27,29). The molecule has 4 nitrogen and oxygen atoms in total. The minimum Gasteiger partial charge on any atom is -0.457 e. The summed E-state index contributed by atoms with van der Waals surface area (Å²) in [6, 6.07) is 13.5. The third-order valence-corrected chi connectivity index (χ3v) is 5.71. The maximum atomic E-state index is 12.8. The second kappa shape index (κ2) is 7.65. The van der Waals surface area contributed by atoms with Crippen molar-refractivity contribution < 1.29 is 22.7 Å².